The second-order valence-corrected chi connectivity index (χ2v) is 5.55. The van der Waals surface area contributed by atoms with Crippen LogP contribution in [0.2, 0.25) is 0 Å². The molecule has 2 aromatic heterocycles. The molecule has 4 aromatic rings. The van der Waals surface area contributed by atoms with Gasteiger partial charge in [0.15, 0.2) is 0 Å². The van der Waals surface area contributed by atoms with E-state index in [1.54, 1.807) is 18.5 Å². The molecule has 0 unspecified atom stereocenters. The summed E-state index contributed by atoms with van der Waals surface area (Å²) in [5, 5.41) is 13.7. The number of anilines is 1. The molecule has 118 valence electrons. The minimum Gasteiger partial charge on any atom is -0.508 e. The number of aromatic amines is 1. The van der Waals surface area contributed by atoms with Crippen LogP contribution in [-0.4, -0.2) is 20.1 Å². The van der Waals surface area contributed by atoms with Crippen molar-refractivity contribution >= 4 is 16.9 Å². The van der Waals surface area contributed by atoms with E-state index in [9.17, 15) is 5.11 Å². The van der Waals surface area contributed by atoms with E-state index in [2.05, 4.69) is 32.4 Å². The van der Waals surface area contributed by atoms with Crippen molar-refractivity contribution in [2.45, 2.75) is 6.54 Å². The Hall–Kier alpha value is -3.34. The number of H-pyrrole nitrogens is 1. The average molecular weight is 316 g/mol. The third kappa shape index (κ3) is 2.79. The normalized spacial score (nSPS) is 10.8. The number of hydrogen-bond acceptors (Lipinski definition) is 4. The molecular formula is C19H16N4O. The smallest absolute Gasteiger partial charge is 0.143 e. The zero-order valence-electron chi connectivity index (χ0n) is 12.9. The van der Waals surface area contributed by atoms with Crippen LogP contribution in [0, 0.1) is 0 Å². The van der Waals surface area contributed by atoms with Gasteiger partial charge in [0, 0.05) is 12.2 Å². The lowest BCUT2D eigenvalue weighted by Gasteiger charge is -2.06. The van der Waals surface area contributed by atoms with Crippen LogP contribution in [0.4, 0.5) is 5.82 Å². The maximum atomic E-state index is 9.42. The van der Waals surface area contributed by atoms with Crippen molar-refractivity contribution in [3.8, 4) is 17.0 Å². The monoisotopic (exact) mass is 316 g/mol. The number of benzene rings is 2. The average Bonchev–Trinajstić information content (AvgIpc) is 3.06. The molecular weight excluding hydrogens is 300 g/mol. The Morgan fingerprint density at radius 3 is 2.54 bits per heavy atom. The van der Waals surface area contributed by atoms with Gasteiger partial charge in [-0.15, -0.1) is 0 Å². The first kappa shape index (κ1) is 14.3. The van der Waals surface area contributed by atoms with Crippen LogP contribution >= 0.6 is 0 Å². The predicted octanol–water partition coefficient (Wildman–Crippen LogP) is 3.94. The molecule has 4 rings (SSSR count). The number of phenols is 1. The number of aromatic nitrogens is 3. The fraction of sp³-hybridized carbons (Fsp3) is 0.0526. The third-order valence-electron chi connectivity index (χ3n) is 3.91. The van der Waals surface area contributed by atoms with Gasteiger partial charge in [-0.2, -0.15) is 0 Å². The Labute approximate surface area is 139 Å². The summed E-state index contributed by atoms with van der Waals surface area (Å²) < 4.78 is 0. The Morgan fingerprint density at radius 1 is 0.958 bits per heavy atom. The molecule has 0 atom stereocenters. The highest BCUT2D eigenvalue weighted by Gasteiger charge is 2.09. The Morgan fingerprint density at radius 2 is 1.75 bits per heavy atom. The standard InChI is InChI=1S/C19H16N4O/c24-15-8-6-14(7-9-15)17-10-16-18(21-12-22-19(16)23-17)20-11-13-4-2-1-3-5-13/h1-10,12,24H,11H2,(H2,20,21,22,23). The third-order valence-corrected chi connectivity index (χ3v) is 3.91. The van der Waals surface area contributed by atoms with Gasteiger partial charge in [0.05, 0.1) is 5.39 Å². The molecule has 0 radical (unpaired) electrons. The number of nitrogens with zero attached hydrogens (tertiary/aromatic N) is 2. The van der Waals surface area contributed by atoms with Crippen LogP contribution in [0.25, 0.3) is 22.3 Å². The summed E-state index contributed by atoms with van der Waals surface area (Å²) in [4.78, 5) is 12.0. The van der Waals surface area contributed by atoms with E-state index in [1.807, 2.05) is 36.4 Å². The second-order valence-electron chi connectivity index (χ2n) is 5.55. The molecule has 2 aromatic carbocycles. The van der Waals surface area contributed by atoms with Crippen molar-refractivity contribution in [2.75, 3.05) is 5.32 Å². The van der Waals surface area contributed by atoms with Gasteiger partial charge in [0.25, 0.3) is 0 Å². The van der Waals surface area contributed by atoms with E-state index in [0.717, 1.165) is 28.1 Å². The topological polar surface area (TPSA) is 73.8 Å². The largest absolute Gasteiger partial charge is 0.508 e. The predicted molar refractivity (Wildman–Crippen MR) is 94.8 cm³/mol. The van der Waals surface area contributed by atoms with Crippen molar-refractivity contribution in [2.24, 2.45) is 0 Å². The van der Waals surface area contributed by atoms with Gasteiger partial charge in [-0.05, 0) is 41.5 Å². The van der Waals surface area contributed by atoms with Crippen LogP contribution in [0.5, 0.6) is 5.75 Å². The minimum atomic E-state index is 0.250. The molecule has 3 N–H and O–H groups in total. The molecule has 0 bridgehead atoms. The zero-order chi connectivity index (χ0) is 16.4. The molecule has 0 amide bonds. The number of aromatic hydroxyl groups is 1. The van der Waals surface area contributed by atoms with Gasteiger partial charge in [0.2, 0.25) is 0 Å². The van der Waals surface area contributed by atoms with Crippen molar-refractivity contribution < 1.29 is 5.11 Å². The van der Waals surface area contributed by atoms with Crippen LogP contribution in [-0.2, 0) is 6.54 Å². The molecule has 0 aliphatic heterocycles. The number of rotatable bonds is 4. The highest BCUT2D eigenvalue weighted by atomic mass is 16.3. The first-order chi connectivity index (χ1) is 11.8. The van der Waals surface area contributed by atoms with Crippen LogP contribution in [0.1, 0.15) is 5.56 Å². The molecule has 0 saturated heterocycles. The fourth-order valence-corrected chi connectivity index (χ4v) is 2.66. The van der Waals surface area contributed by atoms with E-state index >= 15 is 0 Å². The van der Waals surface area contributed by atoms with Gasteiger partial charge in [-0.3, -0.25) is 0 Å². The quantitative estimate of drug-likeness (QED) is 0.533. The minimum absolute atomic E-state index is 0.250. The van der Waals surface area contributed by atoms with Crippen LogP contribution in [0.3, 0.4) is 0 Å². The first-order valence-electron chi connectivity index (χ1n) is 7.70. The van der Waals surface area contributed by atoms with Crippen LogP contribution < -0.4 is 5.32 Å². The molecule has 0 aliphatic carbocycles. The highest BCUT2D eigenvalue weighted by Crippen LogP contribution is 2.27. The van der Waals surface area contributed by atoms with Gasteiger partial charge >= 0.3 is 0 Å². The zero-order valence-corrected chi connectivity index (χ0v) is 12.9. The van der Waals surface area contributed by atoms with E-state index in [1.165, 1.54) is 5.56 Å². The highest BCUT2D eigenvalue weighted by molar-refractivity contribution is 5.91. The molecule has 0 aliphatic rings. The molecule has 0 saturated carbocycles. The summed E-state index contributed by atoms with van der Waals surface area (Å²) in [7, 11) is 0. The molecule has 0 fully saturated rings. The van der Waals surface area contributed by atoms with Gasteiger partial charge in [-0.1, -0.05) is 30.3 Å². The fourth-order valence-electron chi connectivity index (χ4n) is 2.66. The molecule has 5 nitrogen and oxygen atoms in total. The van der Waals surface area contributed by atoms with E-state index in [0.29, 0.717) is 6.54 Å². The number of phenolic OH excluding ortho intramolecular Hbond substituents is 1. The summed E-state index contributed by atoms with van der Waals surface area (Å²) in [6, 6.07) is 19.3. The Bertz CT molecular complexity index is 962. The van der Waals surface area contributed by atoms with Crippen LogP contribution in [0.15, 0.2) is 67.0 Å². The lowest BCUT2D eigenvalue weighted by atomic mass is 10.1. The summed E-state index contributed by atoms with van der Waals surface area (Å²) in [5.74, 6) is 1.05. The van der Waals surface area contributed by atoms with Gasteiger partial charge in [0.1, 0.15) is 23.5 Å². The SMILES string of the molecule is Oc1ccc(-c2cc3c(NCc4ccccc4)ncnc3[nH]2)cc1. The summed E-state index contributed by atoms with van der Waals surface area (Å²) in [6.45, 7) is 0.701. The molecule has 2 heterocycles. The Balaban J connectivity index is 1.66. The summed E-state index contributed by atoms with van der Waals surface area (Å²) in [6.07, 6.45) is 1.55. The molecule has 0 spiro atoms. The first-order valence-corrected chi connectivity index (χ1v) is 7.70. The van der Waals surface area contributed by atoms with E-state index < -0.39 is 0 Å². The lowest BCUT2D eigenvalue weighted by Crippen LogP contribution is -2.01. The lowest BCUT2D eigenvalue weighted by molar-refractivity contribution is 0.475. The number of fused-ring (bicyclic) bond motifs is 1. The van der Waals surface area contributed by atoms with E-state index in [4.69, 9.17) is 0 Å². The van der Waals surface area contributed by atoms with Crippen molar-refractivity contribution in [1.29, 1.82) is 0 Å². The van der Waals surface area contributed by atoms with Crippen molar-refractivity contribution in [3.63, 3.8) is 0 Å². The van der Waals surface area contributed by atoms with Crippen molar-refractivity contribution in [1.82, 2.24) is 15.0 Å². The van der Waals surface area contributed by atoms with Gasteiger partial charge < -0.3 is 15.4 Å². The number of nitrogens with one attached hydrogen (secondary N) is 2. The summed E-state index contributed by atoms with van der Waals surface area (Å²) in [5.41, 5.74) is 3.90. The maximum Gasteiger partial charge on any atom is 0.143 e. The van der Waals surface area contributed by atoms with E-state index in [-0.39, 0.29) is 5.75 Å². The molecule has 5 heteroatoms. The summed E-state index contributed by atoms with van der Waals surface area (Å²) >= 11 is 0. The molecule has 24 heavy (non-hydrogen) atoms. The maximum absolute atomic E-state index is 9.42. The second kappa shape index (κ2) is 6.04. The Kier molecular flexibility index (Phi) is 3.59. The number of hydrogen-bond donors (Lipinski definition) is 3. The van der Waals surface area contributed by atoms with Gasteiger partial charge in [-0.25, -0.2) is 9.97 Å². The van der Waals surface area contributed by atoms with Crippen molar-refractivity contribution in [3.05, 3.63) is 72.6 Å².